The fourth-order valence-electron chi connectivity index (χ4n) is 2.69. The third kappa shape index (κ3) is 3.37. The van der Waals surface area contributed by atoms with E-state index in [0.29, 0.717) is 12.8 Å². The number of pyridine rings is 1. The zero-order valence-electron chi connectivity index (χ0n) is 11.2. The van der Waals surface area contributed by atoms with Gasteiger partial charge in [-0.3, -0.25) is 4.79 Å². The number of nitrogens with zero attached hydrogens (tertiary/aromatic N) is 2. The van der Waals surface area contributed by atoms with Crippen LogP contribution in [-0.4, -0.2) is 30.0 Å². The average Bonchev–Trinajstić information content (AvgIpc) is 2.85. The molecule has 0 aliphatic heterocycles. The van der Waals surface area contributed by atoms with Gasteiger partial charge in [0.25, 0.3) is 0 Å². The minimum absolute atomic E-state index is 0.200. The van der Waals surface area contributed by atoms with E-state index in [1.54, 1.807) is 6.07 Å². The highest BCUT2D eigenvalue weighted by Gasteiger charge is 2.40. The van der Waals surface area contributed by atoms with Crippen LogP contribution < -0.4 is 4.72 Å². The molecule has 2 N–H and O–H groups in total. The molecule has 0 saturated heterocycles. The number of nitriles is 1. The second-order valence-corrected chi connectivity index (χ2v) is 6.78. The molecule has 2 rings (SSSR count). The zero-order chi connectivity index (χ0) is 15.5. The molecule has 1 aliphatic rings. The normalized spacial score (nSPS) is 17.3. The third-order valence-electron chi connectivity index (χ3n) is 3.57. The van der Waals surface area contributed by atoms with Gasteiger partial charge in [0.15, 0.2) is 5.69 Å². The molecule has 1 aromatic rings. The smallest absolute Gasteiger partial charge is 0.305 e. The van der Waals surface area contributed by atoms with Gasteiger partial charge in [-0.05, 0) is 25.0 Å². The van der Waals surface area contributed by atoms with Crippen molar-refractivity contribution in [3.63, 3.8) is 0 Å². The first-order chi connectivity index (χ1) is 9.88. The van der Waals surface area contributed by atoms with Gasteiger partial charge in [-0.2, -0.15) is 5.26 Å². The molecule has 0 bridgehead atoms. The average molecular weight is 309 g/mol. The maximum Gasteiger partial charge on any atom is 0.305 e. The summed E-state index contributed by atoms with van der Waals surface area (Å²) in [5, 5.41) is 18.0. The monoisotopic (exact) mass is 309 g/mol. The van der Waals surface area contributed by atoms with Crippen molar-refractivity contribution in [2.45, 2.75) is 42.5 Å². The van der Waals surface area contributed by atoms with Crippen LogP contribution >= 0.6 is 0 Å². The number of aliphatic carboxylic acids is 1. The molecule has 0 unspecified atom stereocenters. The van der Waals surface area contributed by atoms with E-state index in [2.05, 4.69) is 9.71 Å². The van der Waals surface area contributed by atoms with Crippen LogP contribution in [0.15, 0.2) is 23.2 Å². The predicted octanol–water partition coefficient (Wildman–Crippen LogP) is 1.02. The van der Waals surface area contributed by atoms with E-state index < -0.39 is 21.5 Å². The number of sulfonamides is 1. The number of carbonyl (C=O) groups is 1. The van der Waals surface area contributed by atoms with E-state index >= 15 is 0 Å². The Kier molecular flexibility index (Phi) is 4.25. The van der Waals surface area contributed by atoms with Crippen molar-refractivity contribution < 1.29 is 18.3 Å². The number of carboxylic acids is 1. The van der Waals surface area contributed by atoms with E-state index in [0.717, 1.165) is 12.8 Å². The van der Waals surface area contributed by atoms with Gasteiger partial charge in [0, 0.05) is 11.7 Å². The Balaban J connectivity index is 2.36. The molecular formula is C13H15N3O4S. The molecule has 1 saturated carbocycles. The molecule has 1 fully saturated rings. The summed E-state index contributed by atoms with van der Waals surface area (Å²) in [6.45, 7) is 0. The van der Waals surface area contributed by atoms with Crippen molar-refractivity contribution in [1.29, 1.82) is 5.26 Å². The topological polar surface area (TPSA) is 120 Å². The highest BCUT2D eigenvalue weighted by molar-refractivity contribution is 7.89. The van der Waals surface area contributed by atoms with Gasteiger partial charge in [0.2, 0.25) is 10.0 Å². The fraction of sp³-hybridized carbons (Fsp3) is 0.462. The van der Waals surface area contributed by atoms with Crippen LogP contribution in [-0.2, 0) is 14.8 Å². The Labute approximate surface area is 122 Å². The van der Waals surface area contributed by atoms with E-state index in [1.165, 1.54) is 18.3 Å². The summed E-state index contributed by atoms with van der Waals surface area (Å²) in [6.07, 6.45) is 3.55. The van der Waals surface area contributed by atoms with Gasteiger partial charge in [-0.1, -0.05) is 12.8 Å². The number of carboxylic acid groups (broad SMARTS) is 1. The lowest BCUT2D eigenvalue weighted by molar-refractivity contribution is -0.138. The Hall–Kier alpha value is -1.98. The van der Waals surface area contributed by atoms with Gasteiger partial charge < -0.3 is 5.11 Å². The maximum atomic E-state index is 12.5. The second kappa shape index (κ2) is 5.79. The number of aromatic nitrogens is 1. The fourth-order valence-corrected chi connectivity index (χ4v) is 4.25. The van der Waals surface area contributed by atoms with Crippen molar-refractivity contribution in [2.75, 3.05) is 0 Å². The highest BCUT2D eigenvalue weighted by atomic mass is 32.2. The van der Waals surface area contributed by atoms with E-state index in [4.69, 9.17) is 10.4 Å². The first-order valence-electron chi connectivity index (χ1n) is 6.49. The van der Waals surface area contributed by atoms with E-state index in [1.807, 2.05) is 0 Å². The third-order valence-corrected chi connectivity index (χ3v) is 5.18. The van der Waals surface area contributed by atoms with Crippen molar-refractivity contribution in [3.8, 4) is 6.07 Å². The first-order valence-corrected chi connectivity index (χ1v) is 7.98. The lowest BCUT2D eigenvalue weighted by atomic mass is 9.95. The van der Waals surface area contributed by atoms with E-state index in [9.17, 15) is 13.2 Å². The van der Waals surface area contributed by atoms with Gasteiger partial charge in [0.05, 0.1) is 6.42 Å². The molecule has 7 nitrogen and oxygen atoms in total. The largest absolute Gasteiger partial charge is 0.481 e. The maximum absolute atomic E-state index is 12.5. The van der Waals surface area contributed by atoms with Crippen molar-refractivity contribution in [1.82, 2.24) is 9.71 Å². The van der Waals surface area contributed by atoms with Crippen LogP contribution in [0.3, 0.4) is 0 Å². The molecular weight excluding hydrogens is 294 g/mol. The quantitative estimate of drug-likeness (QED) is 0.837. The van der Waals surface area contributed by atoms with Crippen LogP contribution in [0.2, 0.25) is 0 Å². The molecule has 0 atom stereocenters. The summed E-state index contributed by atoms with van der Waals surface area (Å²) in [4.78, 5) is 14.5. The molecule has 1 aromatic heterocycles. The summed E-state index contributed by atoms with van der Waals surface area (Å²) in [5.41, 5.74) is -1.18. The van der Waals surface area contributed by atoms with Gasteiger partial charge in [-0.25, -0.2) is 18.1 Å². The molecule has 0 amide bonds. The molecule has 0 spiro atoms. The molecule has 21 heavy (non-hydrogen) atoms. The predicted molar refractivity (Wildman–Crippen MR) is 72.7 cm³/mol. The number of hydrogen-bond donors (Lipinski definition) is 2. The van der Waals surface area contributed by atoms with Gasteiger partial charge in [-0.15, -0.1) is 0 Å². The minimum atomic E-state index is -3.99. The number of rotatable bonds is 5. The summed E-state index contributed by atoms with van der Waals surface area (Å²) in [5.74, 6) is -1.05. The van der Waals surface area contributed by atoms with Gasteiger partial charge in [0.1, 0.15) is 11.0 Å². The Morgan fingerprint density at radius 1 is 1.48 bits per heavy atom. The van der Waals surface area contributed by atoms with Crippen LogP contribution in [0.5, 0.6) is 0 Å². The summed E-state index contributed by atoms with van der Waals surface area (Å²) in [7, 11) is -3.99. The van der Waals surface area contributed by atoms with Crippen LogP contribution in [0, 0.1) is 11.3 Å². The standard InChI is InChI=1S/C13H15N3O4S/c14-9-10-11(4-3-7-15-10)21(19,20)16-13(8-12(17)18)5-1-2-6-13/h3-4,7,16H,1-2,5-6,8H2,(H,17,18). The van der Waals surface area contributed by atoms with Crippen LogP contribution in [0.25, 0.3) is 0 Å². The number of nitrogens with one attached hydrogen (secondary N) is 1. The van der Waals surface area contributed by atoms with Crippen molar-refractivity contribution in [3.05, 3.63) is 24.0 Å². The van der Waals surface area contributed by atoms with Crippen LogP contribution in [0.1, 0.15) is 37.8 Å². The highest BCUT2D eigenvalue weighted by Crippen LogP contribution is 2.34. The number of hydrogen-bond acceptors (Lipinski definition) is 5. The molecule has 8 heteroatoms. The lowest BCUT2D eigenvalue weighted by Gasteiger charge is -2.28. The van der Waals surface area contributed by atoms with Crippen molar-refractivity contribution in [2.24, 2.45) is 0 Å². The van der Waals surface area contributed by atoms with Gasteiger partial charge >= 0.3 is 5.97 Å². The summed E-state index contributed by atoms with van der Waals surface area (Å²) in [6, 6.07) is 4.45. The summed E-state index contributed by atoms with van der Waals surface area (Å²) < 4.78 is 27.4. The first kappa shape index (κ1) is 15.4. The lowest BCUT2D eigenvalue weighted by Crippen LogP contribution is -2.47. The Morgan fingerprint density at radius 3 is 2.71 bits per heavy atom. The molecule has 1 heterocycles. The second-order valence-electron chi connectivity index (χ2n) is 5.13. The zero-order valence-corrected chi connectivity index (χ0v) is 12.1. The molecule has 0 radical (unpaired) electrons. The van der Waals surface area contributed by atoms with Crippen molar-refractivity contribution >= 4 is 16.0 Å². The Bertz CT molecular complexity index is 688. The van der Waals surface area contributed by atoms with Crippen LogP contribution in [0.4, 0.5) is 0 Å². The Morgan fingerprint density at radius 2 is 2.14 bits per heavy atom. The summed E-state index contributed by atoms with van der Waals surface area (Å²) >= 11 is 0. The van der Waals surface area contributed by atoms with E-state index in [-0.39, 0.29) is 17.0 Å². The SMILES string of the molecule is N#Cc1ncccc1S(=O)(=O)NC1(CC(=O)O)CCCC1. The minimum Gasteiger partial charge on any atom is -0.481 e. The molecule has 0 aromatic carbocycles. The molecule has 112 valence electrons. The molecule has 1 aliphatic carbocycles.